The van der Waals surface area contributed by atoms with Crippen molar-refractivity contribution >= 4 is 17.5 Å². The zero-order chi connectivity index (χ0) is 20.9. The third kappa shape index (κ3) is 3.36. The maximum absolute atomic E-state index is 13.0. The van der Waals surface area contributed by atoms with Crippen LogP contribution in [0.15, 0.2) is 43.9 Å². The maximum Gasteiger partial charge on any atom is 0.431 e. The molecule has 0 unspecified atom stereocenters. The summed E-state index contributed by atoms with van der Waals surface area (Å²) in [5.41, 5.74) is -2.27. The second-order valence-electron chi connectivity index (χ2n) is 7.02. The van der Waals surface area contributed by atoms with E-state index in [-0.39, 0.29) is 11.1 Å². The van der Waals surface area contributed by atoms with E-state index >= 15 is 0 Å². The van der Waals surface area contributed by atoms with Gasteiger partial charge in [0.2, 0.25) is 0 Å². The summed E-state index contributed by atoms with van der Waals surface area (Å²) in [7, 11) is 2.40. The zero-order valence-electron chi connectivity index (χ0n) is 15.6. The molecule has 0 saturated carbocycles. The van der Waals surface area contributed by atoms with Gasteiger partial charge < -0.3 is 4.84 Å². The van der Waals surface area contributed by atoms with E-state index in [0.717, 1.165) is 17.7 Å². The van der Waals surface area contributed by atoms with Gasteiger partial charge in [-0.2, -0.15) is 13.2 Å². The highest BCUT2D eigenvalue weighted by Crippen LogP contribution is 2.40. The molecule has 0 radical (unpaired) electrons. The van der Waals surface area contributed by atoms with Crippen LogP contribution in [-0.4, -0.2) is 27.7 Å². The largest absolute Gasteiger partial charge is 0.431 e. The summed E-state index contributed by atoms with van der Waals surface area (Å²) in [6, 6.07) is 5.25. The van der Waals surface area contributed by atoms with Gasteiger partial charge >= 0.3 is 11.9 Å². The highest BCUT2D eigenvalue weighted by atomic mass is 32.2. The summed E-state index contributed by atoms with van der Waals surface area (Å²) in [6.07, 6.45) is -4.80. The van der Waals surface area contributed by atoms with E-state index < -0.39 is 23.1 Å². The molecule has 1 aliphatic heterocycles. The Morgan fingerprint density at radius 1 is 1.21 bits per heavy atom. The third-order valence-corrected chi connectivity index (χ3v) is 6.03. The van der Waals surface area contributed by atoms with E-state index in [2.05, 4.69) is 5.16 Å². The summed E-state index contributed by atoms with van der Waals surface area (Å²) in [6.45, 7) is 3.97. The molecule has 2 heterocycles. The molecule has 0 saturated heterocycles. The molecule has 150 valence electrons. The number of hydrogen-bond acceptors (Lipinski definition) is 5. The summed E-state index contributed by atoms with van der Waals surface area (Å²) in [5, 5.41) is 4.11. The Bertz CT molecular complexity index is 1080. The van der Waals surface area contributed by atoms with Crippen LogP contribution in [0.3, 0.4) is 0 Å². The quantitative estimate of drug-likeness (QED) is 0.710. The predicted molar refractivity (Wildman–Crippen MR) is 100 cm³/mol. The van der Waals surface area contributed by atoms with Gasteiger partial charge in [0.1, 0.15) is 12.8 Å². The fraction of sp³-hybridized carbons (Fsp3) is 0.389. The summed E-state index contributed by atoms with van der Waals surface area (Å²) in [4.78, 5) is 30.7. The van der Waals surface area contributed by atoms with E-state index in [1.54, 1.807) is 23.9 Å². The smallest absolute Gasteiger partial charge is 0.399 e. The van der Waals surface area contributed by atoms with Crippen molar-refractivity contribution in [2.24, 2.45) is 17.6 Å². The fourth-order valence-electron chi connectivity index (χ4n) is 3.06. The van der Waals surface area contributed by atoms with Crippen LogP contribution in [0.1, 0.15) is 25.1 Å². The van der Waals surface area contributed by atoms with Crippen molar-refractivity contribution in [2.45, 2.75) is 24.9 Å². The minimum Gasteiger partial charge on any atom is -0.399 e. The molecule has 2 aromatic rings. The molecule has 0 bridgehead atoms. The number of thioether (sulfide) groups is 1. The summed E-state index contributed by atoms with van der Waals surface area (Å²) >= 11 is 1.59. The topological polar surface area (TPSA) is 65.6 Å². The lowest BCUT2D eigenvalue weighted by Crippen LogP contribution is -2.41. The summed E-state index contributed by atoms with van der Waals surface area (Å²) in [5.74, 6) is 0.754. The van der Waals surface area contributed by atoms with Gasteiger partial charge in [0.05, 0.1) is 11.4 Å². The zero-order valence-corrected chi connectivity index (χ0v) is 16.4. The molecule has 28 heavy (non-hydrogen) atoms. The Labute approximate surface area is 162 Å². The van der Waals surface area contributed by atoms with E-state index in [1.165, 1.54) is 13.2 Å². The third-order valence-electron chi connectivity index (χ3n) is 4.50. The van der Waals surface area contributed by atoms with Crippen molar-refractivity contribution in [1.82, 2.24) is 9.13 Å². The standard InChI is InChI=1S/C18H18F3N3O3S/c1-17(2)9-28-12-6-5-10(7-11(12)15(17)22-27-4)24-14(25)8-13(18(19,20)21)23(3)16(24)26/h5-8H,9H2,1-4H3/b22-15-. The lowest BCUT2D eigenvalue weighted by atomic mass is 9.84. The average molecular weight is 413 g/mol. The minimum absolute atomic E-state index is 0.167. The molecule has 0 atom stereocenters. The Hall–Kier alpha value is -2.49. The first kappa shape index (κ1) is 20.2. The first-order chi connectivity index (χ1) is 13.0. The van der Waals surface area contributed by atoms with Crippen LogP contribution < -0.4 is 11.2 Å². The van der Waals surface area contributed by atoms with E-state index in [4.69, 9.17) is 4.84 Å². The predicted octanol–water partition coefficient (Wildman–Crippen LogP) is 3.04. The second kappa shape index (κ2) is 6.84. The van der Waals surface area contributed by atoms with Crippen molar-refractivity contribution in [3.63, 3.8) is 0 Å². The van der Waals surface area contributed by atoms with Crippen molar-refractivity contribution in [3.8, 4) is 5.69 Å². The molecule has 10 heteroatoms. The molecule has 0 spiro atoms. The van der Waals surface area contributed by atoms with Crippen LogP contribution in [0.4, 0.5) is 13.2 Å². The van der Waals surface area contributed by atoms with Crippen molar-refractivity contribution in [2.75, 3.05) is 12.9 Å². The molecule has 0 amide bonds. The molecule has 1 aromatic heterocycles. The second-order valence-corrected chi connectivity index (χ2v) is 8.04. The number of benzene rings is 1. The first-order valence-corrected chi connectivity index (χ1v) is 9.25. The number of fused-ring (bicyclic) bond motifs is 1. The lowest BCUT2D eigenvalue weighted by molar-refractivity contribution is -0.144. The molecule has 0 aliphatic carbocycles. The van der Waals surface area contributed by atoms with Crippen LogP contribution >= 0.6 is 11.8 Å². The van der Waals surface area contributed by atoms with Crippen molar-refractivity contribution in [3.05, 3.63) is 56.4 Å². The van der Waals surface area contributed by atoms with Crippen LogP contribution in [0.5, 0.6) is 0 Å². The Kier molecular flexibility index (Phi) is 4.95. The number of oxime groups is 1. The molecular formula is C18H18F3N3O3S. The molecule has 6 nitrogen and oxygen atoms in total. The van der Waals surface area contributed by atoms with Crippen molar-refractivity contribution in [1.29, 1.82) is 0 Å². The minimum atomic E-state index is -4.80. The van der Waals surface area contributed by atoms with Gasteiger partial charge in [0, 0.05) is 34.7 Å². The maximum atomic E-state index is 13.0. The summed E-state index contributed by atoms with van der Waals surface area (Å²) < 4.78 is 40.3. The molecule has 0 fully saturated rings. The highest BCUT2D eigenvalue weighted by Gasteiger charge is 2.36. The number of halogens is 3. The van der Waals surface area contributed by atoms with Gasteiger partial charge in [-0.3, -0.25) is 9.36 Å². The SMILES string of the molecule is CO/N=C1/c2cc(-n3c(=O)cc(C(F)(F)F)n(C)c3=O)ccc2SCC1(C)C. The van der Waals surface area contributed by atoms with Gasteiger partial charge in [0.25, 0.3) is 5.56 Å². The Morgan fingerprint density at radius 3 is 2.50 bits per heavy atom. The molecular weight excluding hydrogens is 395 g/mol. The van der Waals surface area contributed by atoms with E-state index in [1.807, 2.05) is 13.8 Å². The highest BCUT2D eigenvalue weighted by molar-refractivity contribution is 7.99. The molecule has 3 rings (SSSR count). The Morgan fingerprint density at radius 2 is 1.89 bits per heavy atom. The normalized spacial score (nSPS) is 17.5. The van der Waals surface area contributed by atoms with Crippen molar-refractivity contribution < 1.29 is 18.0 Å². The molecule has 0 N–H and O–H groups in total. The van der Waals surface area contributed by atoms with Gasteiger partial charge in [-0.25, -0.2) is 9.36 Å². The number of hydrogen-bond donors (Lipinski definition) is 0. The number of nitrogens with zero attached hydrogens (tertiary/aromatic N) is 3. The number of alkyl halides is 3. The van der Waals surface area contributed by atoms with Crippen LogP contribution in [-0.2, 0) is 18.1 Å². The van der Waals surface area contributed by atoms with Gasteiger partial charge in [-0.15, -0.1) is 11.8 Å². The number of aromatic nitrogens is 2. The monoisotopic (exact) mass is 413 g/mol. The Balaban J connectivity index is 2.25. The van der Waals surface area contributed by atoms with Gasteiger partial charge in [0.15, 0.2) is 0 Å². The van der Waals surface area contributed by atoms with E-state index in [0.29, 0.717) is 26.5 Å². The molecule has 1 aromatic carbocycles. The fourth-order valence-corrected chi connectivity index (χ4v) is 4.19. The lowest BCUT2D eigenvalue weighted by Gasteiger charge is -2.32. The van der Waals surface area contributed by atoms with E-state index in [9.17, 15) is 22.8 Å². The van der Waals surface area contributed by atoms with Crippen LogP contribution in [0.2, 0.25) is 0 Å². The average Bonchev–Trinajstić information content (AvgIpc) is 2.60. The molecule has 1 aliphatic rings. The first-order valence-electron chi connectivity index (χ1n) is 8.27. The van der Waals surface area contributed by atoms with Gasteiger partial charge in [-0.05, 0) is 18.2 Å². The van der Waals surface area contributed by atoms with Crippen LogP contribution in [0, 0.1) is 5.41 Å². The van der Waals surface area contributed by atoms with Gasteiger partial charge in [-0.1, -0.05) is 19.0 Å². The number of rotatable bonds is 2. The van der Waals surface area contributed by atoms with Crippen LogP contribution in [0.25, 0.3) is 5.69 Å².